The quantitative estimate of drug-likeness (QED) is 0.117. The van der Waals surface area contributed by atoms with E-state index in [1.165, 1.54) is 20.7 Å². The number of furan rings is 1. The van der Waals surface area contributed by atoms with Crippen molar-refractivity contribution in [2.45, 2.75) is 7.43 Å². The molecule has 9 rings (SSSR count). The fourth-order valence-electron chi connectivity index (χ4n) is 7.76. The SMILES string of the molecule is C.c1ccc(-c2cccc3c2oc2c(N(c4ccccc4)c4ccc([Si](c5ccccc5)(c5ccccc5)c5ccccc5)cc4)cccc23)cc1. The Bertz CT molecular complexity index is 2450. The zero-order valence-electron chi connectivity index (χ0n) is 28.1. The monoisotopic (exact) mass is 685 g/mol. The first-order chi connectivity index (χ1) is 25.3. The van der Waals surface area contributed by atoms with Gasteiger partial charge in [0.05, 0.1) is 5.69 Å². The molecule has 0 saturated carbocycles. The number of hydrogen-bond acceptors (Lipinski definition) is 2. The molecule has 0 aliphatic carbocycles. The molecular weight excluding hydrogens is 647 g/mol. The third kappa shape index (κ3) is 5.52. The minimum Gasteiger partial charge on any atom is -0.453 e. The van der Waals surface area contributed by atoms with Crippen LogP contribution >= 0.6 is 0 Å². The van der Waals surface area contributed by atoms with Crippen molar-refractivity contribution in [2.75, 3.05) is 4.90 Å². The average molecular weight is 686 g/mol. The van der Waals surface area contributed by atoms with Crippen LogP contribution in [0.15, 0.2) is 217 Å². The van der Waals surface area contributed by atoms with E-state index in [0.29, 0.717) is 0 Å². The minimum atomic E-state index is -2.66. The Morgan fingerprint density at radius 3 is 1.31 bits per heavy atom. The van der Waals surface area contributed by atoms with Gasteiger partial charge in [0, 0.05) is 27.7 Å². The number of fused-ring (bicyclic) bond motifs is 3. The van der Waals surface area contributed by atoms with Gasteiger partial charge in [-0.15, -0.1) is 0 Å². The fourth-order valence-corrected chi connectivity index (χ4v) is 12.5. The second-order valence-corrected chi connectivity index (χ2v) is 16.7. The lowest BCUT2D eigenvalue weighted by Gasteiger charge is -2.35. The predicted molar refractivity (Wildman–Crippen MR) is 224 cm³/mol. The molecule has 0 aliphatic rings. The smallest absolute Gasteiger partial charge is 0.179 e. The summed E-state index contributed by atoms with van der Waals surface area (Å²) in [5.74, 6) is 0. The molecule has 0 fully saturated rings. The molecule has 0 unspecified atom stereocenters. The van der Waals surface area contributed by atoms with Crippen LogP contribution in [0, 0.1) is 0 Å². The van der Waals surface area contributed by atoms with Crippen LogP contribution in [0.3, 0.4) is 0 Å². The van der Waals surface area contributed by atoms with Crippen molar-refractivity contribution in [2.24, 2.45) is 0 Å². The van der Waals surface area contributed by atoms with Crippen molar-refractivity contribution in [1.82, 2.24) is 0 Å². The molecule has 0 atom stereocenters. The van der Waals surface area contributed by atoms with E-state index in [0.717, 1.165) is 50.1 Å². The Hall–Kier alpha value is -6.42. The third-order valence-electron chi connectivity index (χ3n) is 10.0. The van der Waals surface area contributed by atoms with Gasteiger partial charge in [-0.3, -0.25) is 0 Å². The van der Waals surface area contributed by atoms with Crippen molar-refractivity contribution in [3.8, 4) is 11.1 Å². The molecule has 52 heavy (non-hydrogen) atoms. The summed E-state index contributed by atoms with van der Waals surface area (Å²) < 4.78 is 6.91. The Morgan fingerprint density at radius 1 is 0.346 bits per heavy atom. The maximum absolute atomic E-state index is 6.91. The minimum absolute atomic E-state index is 0. The summed E-state index contributed by atoms with van der Waals surface area (Å²) >= 11 is 0. The maximum atomic E-state index is 6.91. The average Bonchev–Trinajstić information content (AvgIpc) is 3.61. The molecule has 0 radical (unpaired) electrons. The van der Waals surface area contributed by atoms with Crippen LogP contribution in [0.1, 0.15) is 7.43 Å². The van der Waals surface area contributed by atoms with E-state index in [4.69, 9.17) is 4.42 Å². The third-order valence-corrected chi connectivity index (χ3v) is 14.8. The van der Waals surface area contributed by atoms with Gasteiger partial charge in [-0.2, -0.15) is 0 Å². The van der Waals surface area contributed by atoms with Gasteiger partial charge in [0.15, 0.2) is 13.7 Å². The van der Waals surface area contributed by atoms with Crippen LogP contribution in [0.4, 0.5) is 17.1 Å². The van der Waals surface area contributed by atoms with Gasteiger partial charge in [-0.25, -0.2) is 0 Å². The van der Waals surface area contributed by atoms with Crippen LogP contribution in [0.25, 0.3) is 33.1 Å². The van der Waals surface area contributed by atoms with Crippen molar-refractivity contribution in [1.29, 1.82) is 0 Å². The van der Waals surface area contributed by atoms with Crippen LogP contribution in [0.2, 0.25) is 0 Å². The number of para-hydroxylation sites is 3. The maximum Gasteiger partial charge on any atom is 0.179 e. The van der Waals surface area contributed by atoms with Gasteiger partial charge < -0.3 is 9.32 Å². The standard InChI is InChI=1S/C48H35NOSi.CH4/c1-6-18-36(19-7-1)43-28-16-29-44-45-30-17-31-46(48(45)50-47(43)44)49(37-20-8-2-9-21-37)38-32-34-42(35-33-38)51(39-22-10-3-11-23-39,40-24-12-4-13-25-40)41-26-14-5-15-27-41;/h1-35H;1H4. The molecule has 250 valence electrons. The van der Waals surface area contributed by atoms with Gasteiger partial charge in [0.25, 0.3) is 0 Å². The van der Waals surface area contributed by atoms with Gasteiger partial charge >= 0.3 is 0 Å². The topological polar surface area (TPSA) is 16.4 Å². The molecule has 0 amide bonds. The van der Waals surface area contributed by atoms with Crippen LogP contribution < -0.4 is 25.6 Å². The molecule has 0 aliphatic heterocycles. The zero-order valence-corrected chi connectivity index (χ0v) is 29.1. The first kappa shape index (κ1) is 32.8. The van der Waals surface area contributed by atoms with Gasteiger partial charge in [-0.05, 0) is 56.6 Å². The van der Waals surface area contributed by atoms with E-state index in [-0.39, 0.29) is 7.43 Å². The lowest BCUT2D eigenvalue weighted by molar-refractivity contribution is 0.670. The number of nitrogens with zero attached hydrogens (tertiary/aromatic N) is 1. The lowest BCUT2D eigenvalue weighted by Crippen LogP contribution is -2.74. The molecule has 0 spiro atoms. The highest BCUT2D eigenvalue weighted by Gasteiger charge is 2.41. The summed E-state index contributed by atoms with van der Waals surface area (Å²) in [5.41, 5.74) is 7.14. The van der Waals surface area contributed by atoms with Crippen molar-refractivity contribution in [3.63, 3.8) is 0 Å². The highest BCUT2D eigenvalue weighted by Crippen LogP contribution is 2.43. The van der Waals surface area contributed by atoms with E-state index in [1.807, 2.05) is 0 Å². The molecule has 2 nitrogen and oxygen atoms in total. The largest absolute Gasteiger partial charge is 0.453 e. The molecule has 9 aromatic rings. The fraction of sp³-hybridized carbons (Fsp3) is 0.0204. The summed E-state index contributed by atoms with van der Waals surface area (Å²) in [4.78, 5) is 2.33. The summed E-state index contributed by atoms with van der Waals surface area (Å²) in [5, 5.41) is 7.61. The van der Waals surface area contributed by atoms with E-state index in [9.17, 15) is 0 Å². The highest BCUT2D eigenvalue weighted by atomic mass is 28.3. The normalized spacial score (nSPS) is 11.3. The van der Waals surface area contributed by atoms with E-state index >= 15 is 0 Å². The first-order valence-electron chi connectivity index (χ1n) is 17.4. The van der Waals surface area contributed by atoms with Gasteiger partial charge in [-0.1, -0.05) is 189 Å². The van der Waals surface area contributed by atoms with E-state index in [2.05, 4.69) is 217 Å². The van der Waals surface area contributed by atoms with Gasteiger partial charge in [0.2, 0.25) is 0 Å². The molecule has 1 aromatic heterocycles. The molecule has 0 bridgehead atoms. The van der Waals surface area contributed by atoms with E-state index < -0.39 is 8.07 Å². The summed E-state index contributed by atoms with van der Waals surface area (Å²) in [6.07, 6.45) is 0. The zero-order chi connectivity index (χ0) is 34.0. The van der Waals surface area contributed by atoms with Crippen molar-refractivity contribution in [3.05, 3.63) is 212 Å². The molecule has 3 heteroatoms. The molecule has 1 heterocycles. The van der Waals surface area contributed by atoms with Gasteiger partial charge in [0.1, 0.15) is 5.58 Å². The second-order valence-electron chi connectivity index (χ2n) is 12.9. The van der Waals surface area contributed by atoms with Crippen LogP contribution in [0.5, 0.6) is 0 Å². The van der Waals surface area contributed by atoms with Crippen molar-refractivity contribution >= 4 is 67.8 Å². The lowest BCUT2D eigenvalue weighted by atomic mass is 10.0. The number of rotatable bonds is 8. The highest BCUT2D eigenvalue weighted by molar-refractivity contribution is 7.19. The Morgan fingerprint density at radius 2 is 0.769 bits per heavy atom. The predicted octanol–water partition coefficient (Wildman–Crippen LogP) is 10.7. The first-order valence-corrected chi connectivity index (χ1v) is 19.4. The molecule has 0 N–H and O–H groups in total. The molecule has 0 saturated heterocycles. The van der Waals surface area contributed by atoms with Crippen molar-refractivity contribution < 1.29 is 4.42 Å². The summed E-state index contributed by atoms with van der Waals surface area (Å²) in [7, 11) is -2.66. The Labute approximate surface area is 306 Å². The number of anilines is 3. The molecular formula is C49H39NOSi. The number of benzene rings is 8. The summed E-state index contributed by atoms with van der Waals surface area (Å²) in [6, 6.07) is 76.5. The Kier molecular flexibility index (Phi) is 8.86. The van der Waals surface area contributed by atoms with Crippen LogP contribution in [-0.2, 0) is 0 Å². The molecule has 8 aromatic carbocycles. The summed E-state index contributed by atoms with van der Waals surface area (Å²) in [6.45, 7) is 0. The Balaban J connectivity index is 0.00000387. The van der Waals surface area contributed by atoms with E-state index in [1.54, 1.807) is 0 Å². The van der Waals surface area contributed by atoms with Crippen LogP contribution in [-0.4, -0.2) is 8.07 Å². The second kappa shape index (κ2) is 14.1. The number of hydrogen-bond donors (Lipinski definition) is 0.